The van der Waals surface area contributed by atoms with Crippen molar-refractivity contribution in [2.75, 3.05) is 26.0 Å². The summed E-state index contributed by atoms with van der Waals surface area (Å²) in [5, 5.41) is 2.91. The minimum absolute atomic E-state index is 0.00457. The van der Waals surface area contributed by atoms with Gasteiger partial charge in [0.25, 0.3) is 0 Å². The zero-order valence-electron chi connectivity index (χ0n) is 15.0. The molecule has 0 radical (unpaired) electrons. The SMILES string of the molecule is CCOc1ccc(SCC(=O)NCCc2ccc(C(=O)OC)cc2)cc1. The van der Waals surface area contributed by atoms with Gasteiger partial charge in [-0.25, -0.2) is 4.79 Å². The third kappa shape index (κ3) is 6.44. The monoisotopic (exact) mass is 373 g/mol. The summed E-state index contributed by atoms with van der Waals surface area (Å²) in [7, 11) is 1.36. The number of rotatable bonds is 9. The molecule has 138 valence electrons. The molecule has 2 aromatic carbocycles. The Morgan fingerprint density at radius 2 is 1.73 bits per heavy atom. The Balaban J connectivity index is 1.69. The molecule has 6 heteroatoms. The normalized spacial score (nSPS) is 10.2. The largest absolute Gasteiger partial charge is 0.494 e. The molecule has 26 heavy (non-hydrogen) atoms. The Hall–Kier alpha value is -2.47. The second-order valence-electron chi connectivity index (χ2n) is 5.48. The molecule has 0 aliphatic carbocycles. The molecule has 2 aromatic rings. The van der Waals surface area contributed by atoms with Gasteiger partial charge in [-0.2, -0.15) is 0 Å². The van der Waals surface area contributed by atoms with Crippen LogP contribution in [0, 0.1) is 0 Å². The lowest BCUT2D eigenvalue weighted by molar-refractivity contribution is -0.118. The maximum absolute atomic E-state index is 11.9. The van der Waals surface area contributed by atoms with Crippen LogP contribution in [0.4, 0.5) is 0 Å². The highest BCUT2D eigenvalue weighted by molar-refractivity contribution is 8.00. The average molecular weight is 373 g/mol. The summed E-state index contributed by atoms with van der Waals surface area (Å²) in [5.74, 6) is 0.848. The van der Waals surface area contributed by atoms with Gasteiger partial charge in [0.1, 0.15) is 5.75 Å². The van der Waals surface area contributed by atoms with Crippen LogP contribution in [0.2, 0.25) is 0 Å². The summed E-state index contributed by atoms with van der Waals surface area (Å²) in [5.41, 5.74) is 1.57. The molecule has 0 saturated carbocycles. The highest BCUT2D eigenvalue weighted by Crippen LogP contribution is 2.21. The minimum Gasteiger partial charge on any atom is -0.494 e. The second kappa shape index (κ2) is 10.5. The number of hydrogen-bond acceptors (Lipinski definition) is 5. The fourth-order valence-electron chi connectivity index (χ4n) is 2.27. The maximum Gasteiger partial charge on any atom is 0.337 e. The zero-order valence-corrected chi connectivity index (χ0v) is 15.8. The second-order valence-corrected chi connectivity index (χ2v) is 6.53. The van der Waals surface area contributed by atoms with Gasteiger partial charge in [0.05, 0.1) is 25.0 Å². The molecule has 0 unspecified atom stereocenters. The van der Waals surface area contributed by atoms with Gasteiger partial charge in [0.15, 0.2) is 0 Å². The first-order chi connectivity index (χ1) is 12.6. The van der Waals surface area contributed by atoms with Crippen molar-refractivity contribution < 1.29 is 19.1 Å². The Labute approximate surface area is 158 Å². The molecule has 0 fully saturated rings. The molecule has 0 aliphatic rings. The van der Waals surface area contributed by atoms with E-state index in [0.717, 1.165) is 16.2 Å². The predicted molar refractivity (Wildman–Crippen MR) is 103 cm³/mol. The van der Waals surface area contributed by atoms with Crippen molar-refractivity contribution in [2.45, 2.75) is 18.2 Å². The van der Waals surface area contributed by atoms with Crippen LogP contribution >= 0.6 is 11.8 Å². The molecule has 0 atom stereocenters. The fraction of sp³-hybridized carbons (Fsp3) is 0.300. The summed E-state index contributed by atoms with van der Waals surface area (Å²) < 4.78 is 10.1. The molecular weight excluding hydrogens is 350 g/mol. The highest BCUT2D eigenvalue weighted by Gasteiger charge is 2.06. The van der Waals surface area contributed by atoms with E-state index in [1.807, 2.05) is 43.3 Å². The molecule has 0 aromatic heterocycles. The molecule has 2 rings (SSSR count). The van der Waals surface area contributed by atoms with E-state index >= 15 is 0 Å². The quantitative estimate of drug-likeness (QED) is 0.540. The number of esters is 1. The fourth-order valence-corrected chi connectivity index (χ4v) is 3.00. The van der Waals surface area contributed by atoms with Gasteiger partial charge >= 0.3 is 5.97 Å². The first-order valence-electron chi connectivity index (χ1n) is 8.42. The van der Waals surface area contributed by atoms with Crippen LogP contribution in [-0.4, -0.2) is 37.9 Å². The summed E-state index contributed by atoms with van der Waals surface area (Å²) in [4.78, 5) is 24.3. The molecule has 0 aliphatic heterocycles. The third-order valence-corrected chi connectivity index (χ3v) is 4.63. The van der Waals surface area contributed by atoms with Crippen LogP contribution in [0.15, 0.2) is 53.4 Å². The third-order valence-electron chi connectivity index (χ3n) is 3.62. The van der Waals surface area contributed by atoms with Gasteiger partial charge in [0.2, 0.25) is 5.91 Å². The molecule has 1 amide bonds. The number of amides is 1. The smallest absolute Gasteiger partial charge is 0.337 e. The number of thioether (sulfide) groups is 1. The molecule has 5 nitrogen and oxygen atoms in total. The van der Waals surface area contributed by atoms with Crippen LogP contribution in [0.5, 0.6) is 5.75 Å². The lowest BCUT2D eigenvalue weighted by Crippen LogP contribution is -2.27. The molecule has 0 bridgehead atoms. The number of hydrogen-bond donors (Lipinski definition) is 1. The summed E-state index contributed by atoms with van der Waals surface area (Å²) in [6.45, 7) is 3.14. The van der Waals surface area contributed by atoms with Gasteiger partial charge in [-0.15, -0.1) is 11.8 Å². The highest BCUT2D eigenvalue weighted by atomic mass is 32.2. The van der Waals surface area contributed by atoms with Crippen LogP contribution in [0.3, 0.4) is 0 Å². The van der Waals surface area contributed by atoms with Crippen molar-refractivity contribution in [3.8, 4) is 5.75 Å². The van der Waals surface area contributed by atoms with Crippen molar-refractivity contribution in [1.82, 2.24) is 5.32 Å². The van der Waals surface area contributed by atoms with E-state index < -0.39 is 0 Å². The number of benzene rings is 2. The first kappa shape index (κ1) is 19.8. The van der Waals surface area contributed by atoms with Crippen molar-refractivity contribution in [3.05, 3.63) is 59.7 Å². The van der Waals surface area contributed by atoms with Crippen LogP contribution in [-0.2, 0) is 16.0 Å². The molecule has 0 heterocycles. The molecule has 0 saturated heterocycles. The Morgan fingerprint density at radius 3 is 2.35 bits per heavy atom. The first-order valence-corrected chi connectivity index (χ1v) is 9.40. The summed E-state index contributed by atoms with van der Waals surface area (Å²) in [6, 6.07) is 14.9. The lowest BCUT2D eigenvalue weighted by Gasteiger charge is -2.07. The average Bonchev–Trinajstić information content (AvgIpc) is 2.67. The van der Waals surface area contributed by atoms with Gasteiger partial charge in [-0.05, 0) is 55.3 Å². The van der Waals surface area contributed by atoms with E-state index in [9.17, 15) is 9.59 Å². The molecular formula is C20H23NO4S. The minimum atomic E-state index is -0.351. The van der Waals surface area contributed by atoms with Crippen molar-refractivity contribution >= 4 is 23.6 Å². The Morgan fingerprint density at radius 1 is 1.04 bits per heavy atom. The van der Waals surface area contributed by atoms with E-state index in [-0.39, 0.29) is 11.9 Å². The van der Waals surface area contributed by atoms with E-state index in [2.05, 4.69) is 10.1 Å². The van der Waals surface area contributed by atoms with Crippen LogP contribution < -0.4 is 10.1 Å². The topological polar surface area (TPSA) is 64.6 Å². The van der Waals surface area contributed by atoms with E-state index in [4.69, 9.17) is 4.74 Å². The number of methoxy groups -OCH3 is 1. The Bertz CT molecular complexity index is 714. The zero-order chi connectivity index (χ0) is 18.8. The number of carbonyl (C=O) groups is 2. The standard InChI is InChI=1S/C20H23NO4S/c1-3-25-17-8-10-18(11-9-17)26-14-19(22)21-13-12-15-4-6-16(7-5-15)20(23)24-2/h4-11H,3,12-14H2,1-2H3,(H,21,22). The Kier molecular flexibility index (Phi) is 8.02. The van der Waals surface area contributed by atoms with Gasteiger partial charge < -0.3 is 14.8 Å². The molecule has 0 spiro atoms. The maximum atomic E-state index is 11.9. The van der Waals surface area contributed by atoms with E-state index in [1.165, 1.54) is 18.9 Å². The lowest BCUT2D eigenvalue weighted by atomic mass is 10.1. The van der Waals surface area contributed by atoms with Crippen molar-refractivity contribution in [2.24, 2.45) is 0 Å². The number of nitrogens with one attached hydrogen (secondary N) is 1. The van der Waals surface area contributed by atoms with E-state index in [1.54, 1.807) is 12.1 Å². The molecule has 1 N–H and O–H groups in total. The van der Waals surface area contributed by atoms with Crippen LogP contribution in [0.25, 0.3) is 0 Å². The van der Waals surface area contributed by atoms with Crippen molar-refractivity contribution in [3.63, 3.8) is 0 Å². The summed E-state index contributed by atoms with van der Waals surface area (Å²) >= 11 is 1.49. The predicted octanol–water partition coefficient (Wildman–Crippen LogP) is 3.32. The van der Waals surface area contributed by atoms with Gasteiger partial charge in [-0.3, -0.25) is 4.79 Å². The van der Waals surface area contributed by atoms with Gasteiger partial charge in [-0.1, -0.05) is 12.1 Å². The number of carbonyl (C=O) groups excluding carboxylic acids is 2. The van der Waals surface area contributed by atoms with Gasteiger partial charge in [0, 0.05) is 11.4 Å². The summed E-state index contributed by atoms with van der Waals surface area (Å²) in [6.07, 6.45) is 0.709. The van der Waals surface area contributed by atoms with Crippen LogP contribution in [0.1, 0.15) is 22.8 Å². The number of ether oxygens (including phenoxy) is 2. The van der Waals surface area contributed by atoms with E-state index in [0.29, 0.717) is 30.9 Å². The van der Waals surface area contributed by atoms with Crippen molar-refractivity contribution in [1.29, 1.82) is 0 Å².